The smallest absolute Gasteiger partial charge is 0.256 e. The standard InChI is InChI=1S/C15H11N7O/c1-10-8-19-14(9-18-10)20-15(23)11-2-4-12(5-3-11)21-22-13(6-16)7-17/h2-5,8-9,21H,1H3,(H,19,20,23). The van der Waals surface area contributed by atoms with Crippen LogP contribution in [-0.4, -0.2) is 21.6 Å². The Morgan fingerprint density at radius 1 is 1.13 bits per heavy atom. The molecular formula is C15H11N7O. The number of nitrogens with one attached hydrogen (secondary N) is 2. The van der Waals surface area contributed by atoms with Gasteiger partial charge in [0.05, 0.1) is 23.8 Å². The highest BCUT2D eigenvalue weighted by molar-refractivity contribution is 6.10. The van der Waals surface area contributed by atoms with E-state index in [0.29, 0.717) is 17.1 Å². The lowest BCUT2D eigenvalue weighted by atomic mass is 10.2. The first kappa shape index (κ1) is 15.6. The van der Waals surface area contributed by atoms with E-state index in [1.807, 2.05) is 0 Å². The zero-order chi connectivity index (χ0) is 16.7. The Morgan fingerprint density at radius 2 is 1.83 bits per heavy atom. The molecule has 0 aliphatic heterocycles. The van der Waals surface area contributed by atoms with E-state index >= 15 is 0 Å². The maximum absolute atomic E-state index is 12.1. The van der Waals surface area contributed by atoms with Crippen LogP contribution in [0.2, 0.25) is 0 Å². The lowest BCUT2D eigenvalue weighted by Crippen LogP contribution is -2.13. The number of nitriles is 2. The molecule has 23 heavy (non-hydrogen) atoms. The number of aryl methyl sites for hydroxylation is 1. The van der Waals surface area contributed by atoms with E-state index in [4.69, 9.17) is 10.5 Å². The lowest BCUT2D eigenvalue weighted by Gasteiger charge is -2.05. The summed E-state index contributed by atoms with van der Waals surface area (Å²) in [7, 11) is 0. The molecule has 0 atom stereocenters. The number of nitrogens with zero attached hydrogens (tertiary/aromatic N) is 5. The fourth-order valence-corrected chi connectivity index (χ4v) is 1.54. The number of rotatable bonds is 4. The van der Waals surface area contributed by atoms with Gasteiger partial charge in [0.2, 0.25) is 5.71 Å². The number of hydrogen-bond acceptors (Lipinski definition) is 7. The van der Waals surface area contributed by atoms with Crippen molar-refractivity contribution in [2.45, 2.75) is 6.92 Å². The molecule has 8 heteroatoms. The molecule has 1 heterocycles. The van der Waals surface area contributed by atoms with Gasteiger partial charge in [-0.1, -0.05) is 0 Å². The quantitative estimate of drug-likeness (QED) is 0.655. The van der Waals surface area contributed by atoms with E-state index in [2.05, 4.69) is 25.8 Å². The first-order valence-electron chi connectivity index (χ1n) is 6.46. The van der Waals surface area contributed by atoms with Gasteiger partial charge in [-0.25, -0.2) is 4.98 Å². The van der Waals surface area contributed by atoms with Gasteiger partial charge >= 0.3 is 0 Å². The van der Waals surface area contributed by atoms with Crippen LogP contribution in [0.3, 0.4) is 0 Å². The second-order valence-electron chi connectivity index (χ2n) is 4.37. The van der Waals surface area contributed by atoms with Gasteiger partial charge in [0.1, 0.15) is 12.1 Å². The van der Waals surface area contributed by atoms with Crippen molar-refractivity contribution in [3.8, 4) is 12.1 Å². The van der Waals surface area contributed by atoms with Gasteiger partial charge in [0.15, 0.2) is 5.82 Å². The zero-order valence-electron chi connectivity index (χ0n) is 12.1. The second kappa shape index (κ2) is 7.29. The summed E-state index contributed by atoms with van der Waals surface area (Å²) in [5.41, 5.74) is 3.99. The predicted molar refractivity (Wildman–Crippen MR) is 83.4 cm³/mol. The van der Waals surface area contributed by atoms with Crippen molar-refractivity contribution in [3.63, 3.8) is 0 Å². The molecule has 1 aromatic carbocycles. The van der Waals surface area contributed by atoms with E-state index in [9.17, 15) is 4.79 Å². The summed E-state index contributed by atoms with van der Waals surface area (Å²) in [6.07, 6.45) is 3.03. The SMILES string of the molecule is Cc1cnc(NC(=O)c2ccc(NN=C(C#N)C#N)cc2)cn1. The van der Waals surface area contributed by atoms with E-state index in [-0.39, 0.29) is 11.6 Å². The molecule has 2 rings (SSSR count). The van der Waals surface area contributed by atoms with Crippen LogP contribution in [0.15, 0.2) is 41.8 Å². The van der Waals surface area contributed by atoms with Gasteiger partial charge in [0.25, 0.3) is 5.91 Å². The summed E-state index contributed by atoms with van der Waals surface area (Å²) in [4.78, 5) is 20.1. The number of carbonyl (C=O) groups is 1. The number of amides is 1. The summed E-state index contributed by atoms with van der Waals surface area (Å²) >= 11 is 0. The molecule has 0 spiro atoms. The Hall–Kier alpha value is -3.78. The van der Waals surface area contributed by atoms with Gasteiger partial charge in [0, 0.05) is 5.56 Å². The van der Waals surface area contributed by atoms with Crippen LogP contribution >= 0.6 is 0 Å². The third-order valence-corrected chi connectivity index (χ3v) is 2.68. The highest BCUT2D eigenvalue weighted by atomic mass is 16.1. The van der Waals surface area contributed by atoms with Crippen LogP contribution in [0, 0.1) is 29.6 Å². The fraction of sp³-hybridized carbons (Fsp3) is 0.0667. The molecule has 0 aliphatic carbocycles. The molecule has 1 aromatic heterocycles. The maximum atomic E-state index is 12.1. The highest BCUT2D eigenvalue weighted by Gasteiger charge is 2.07. The fourth-order valence-electron chi connectivity index (χ4n) is 1.54. The topological polar surface area (TPSA) is 127 Å². The first-order chi connectivity index (χ1) is 11.1. The number of hydrazone groups is 1. The van der Waals surface area contributed by atoms with Crippen LogP contribution in [0.25, 0.3) is 0 Å². The summed E-state index contributed by atoms with van der Waals surface area (Å²) in [5, 5.41) is 23.4. The summed E-state index contributed by atoms with van der Waals surface area (Å²) in [5.74, 6) is 0.0352. The van der Waals surface area contributed by atoms with Crippen LogP contribution in [0.1, 0.15) is 16.1 Å². The maximum Gasteiger partial charge on any atom is 0.256 e. The predicted octanol–water partition coefficient (Wildman–Crippen LogP) is 1.85. The Balaban J connectivity index is 2.03. The lowest BCUT2D eigenvalue weighted by molar-refractivity contribution is 0.102. The van der Waals surface area contributed by atoms with Gasteiger partial charge in [-0.15, -0.1) is 0 Å². The molecule has 0 radical (unpaired) electrons. The van der Waals surface area contributed by atoms with Crippen LogP contribution in [-0.2, 0) is 0 Å². The molecule has 8 nitrogen and oxygen atoms in total. The monoisotopic (exact) mass is 305 g/mol. The highest BCUT2D eigenvalue weighted by Crippen LogP contribution is 2.11. The number of benzene rings is 1. The molecule has 0 aliphatic rings. The Bertz CT molecular complexity index is 795. The van der Waals surface area contributed by atoms with Gasteiger partial charge in [-0.05, 0) is 31.2 Å². The Labute approximate surface area is 132 Å². The molecule has 2 N–H and O–H groups in total. The van der Waals surface area contributed by atoms with Gasteiger partial charge in [-0.2, -0.15) is 15.6 Å². The second-order valence-corrected chi connectivity index (χ2v) is 4.37. The van der Waals surface area contributed by atoms with Crippen molar-refractivity contribution in [2.75, 3.05) is 10.7 Å². The first-order valence-corrected chi connectivity index (χ1v) is 6.46. The van der Waals surface area contributed by atoms with Crippen LogP contribution in [0.5, 0.6) is 0 Å². The molecular weight excluding hydrogens is 294 g/mol. The third-order valence-electron chi connectivity index (χ3n) is 2.68. The van der Waals surface area contributed by atoms with Crippen molar-refractivity contribution >= 4 is 23.1 Å². The average Bonchev–Trinajstić information content (AvgIpc) is 2.58. The van der Waals surface area contributed by atoms with Crippen molar-refractivity contribution in [2.24, 2.45) is 5.10 Å². The van der Waals surface area contributed by atoms with Crippen molar-refractivity contribution in [3.05, 3.63) is 47.9 Å². The number of aromatic nitrogens is 2. The van der Waals surface area contributed by atoms with Crippen LogP contribution in [0.4, 0.5) is 11.5 Å². The van der Waals surface area contributed by atoms with E-state index in [1.165, 1.54) is 6.20 Å². The third kappa shape index (κ3) is 4.34. The van der Waals surface area contributed by atoms with E-state index in [0.717, 1.165) is 5.69 Å². The van der Waals surface area contributed by atoms with Crippen molar-refractivity contribution in [1.82, 2.24) is 9.97 Å². The summed E-state index contributed by atoms with van der Waals surface area (Å²) in [6, 6.07) is 9.62. The van der Waals surface area contributed by atoms with Crippen molar-refractivity contribution in [1.29, 1.82) is 10.5 Å². The number of anilines is 2. The normalized spacial score (nSPS) is 9.17. The van der Waals surface area contributed by atoms with Gasteiger partial charge < -0.3 is 5.32 Å². The Kier molecular flexibility index (Phi) is 4.95. The number of hydrogen-bond donors (Lipinski definition) is 2. The number of carbonyl (C=O) groups excluding carboxylic acids is 1. The Morgan fingerprint density at radius 3 is 2.39 bits per heavy atom. The molecule has 0 saturated heterocycles. The average molecular weight is 305 g/mol. The molecule has 1 amide bonds. The molecule has 0 bridgehead atoms. The van der Waals surface area contributed by atoms with Crippen LogP contribution < -0.4 is 10.7 Å². The zero-order valence-corrected chi connectivity index (χ0v) is 12.1. The summed E-state index contributed by atoms with van der Waals surface area (Å²) < 4.78 is 0. The van der Waals surface area contributed by atoms with Crippen molar-refractivity contribution < 1.29 is 4.79 Å². The molecule has 0 fully saturated rings. The van der Waals surface area contributed by atoms with E-state index in [1.54, 1.807) is 49.5 Å². The minimum Gasteiger partial charge on any atom is -0.305 e. The molecule has 2 aromatic rings. The minimum atomic E-state index is -0.326. The summed E-state index contributed by atoms with van der Waals surface area (Å²) in [6.45, 7) is 1.80. The minimum absolute atomic E-state index is 0.287. The van der Waals surface area contributed by atoms with Gasteiger partial charge in [-0.3, -0.25) is 15.2 Å². The molecule has 0 unspecified atom stereocenters. The van der Waals surface area contributed by atoms with E-state index < -0.39 is 0 Å². The molecule has 112 valence electrons. The largest absolute Gasteiger partial charge is 0.305 e. The molecule has 0 saturated carbocycles.